The second-order valence-electron chi connectivity index (χ2n) is 6.24. The van der Waals surface area contributed by atoms with Crippen LogP contribution in [0.25, 0.3) is 5.76 Å². The summed E-state index contributed by atoms with van der Waals surface area (Å²) in [5.74, 6) is -2.17. The lowest BCUT2D eigenvalue weighted by atomic mass is 9.95. The van der Waals surface area contributed by atoms with Crippen LogP contribution in [0.2, 0.25) is 0 Å². The molecule has 1 fully saturated rings. The van der Waals surface area contributed by atoms with Gasteiger partial charge in [0.1, 0.15) is 17.3 Å². The minimum Gasteiger partial charge on any atom is -0.507 e. The number of ether oxygens (including phenoxy) is 2. The number of carbonyl (C=O) groups excluding carboxylic acids is 2. The second-order valence-corrected chi connectivity index (χ2v) is 6.24. The van der Waals surface area contributed by atoms with Crippen molar-refractivity contribution in [3.05, 3.63) is 71.0 Å². The monoisotopic (exact) mass is 385 g/mol. The third kappa shape index (κ3) is 3.48. The van der Waals surface area contributed by atoms with Crippen molar-refractivity contribution in [3.8, 4) is 5.75 Å². The fourth-order valence-corrected chi connectivity index (χ4v) is 3.25. The van der Waals surface area contributed by atoms with Crippen LogP contribution in [0.5, 0.6) is 5.75 Å². The van der Waals surface area contributed by atoms with Gasteiger partial charge in [0.05, 0.1) is 25.3 Å². The SMILES string of the molecule is COCCN1C(=O)C(=O)/C(=C(/O)c2cccc(OC)c2)C1c1ccccc1F. The van der Waals surface area contributed by atoms with E-state index < -0.39 is 23.5 Å². The van der Waals surface area contributed by atoms with Crippen LogP contribution in [0.4, 0.5) is 4.39 Å². The molecule has 28 heavy (non-hydrogen) atoms. The van der Waals surface area contributed by atoms with E-state index in [9.17, 15) is 19.1 Å². The first-order valence-corrected chi connectivity index (χ1v) is 8.65. The molecule has 0 saturated carbocycles. The molecule has 0 spiro atoms. The molecule has 1 unspecified atom stereocenters. The molecule has 146 valence electrons. The van der Waals surface area contributed by atoms with Gasteiger partial charge in [-0.1, -0.05) is 30.3 Å². The molecule has 0 bridgehead atoms. The number of ketones is 1. The molecule has 2 aromatic rings. The first kappa shape index (κ1) is 19.6. The fourth-order valence-electron chi connectivity index (χ4n) is 3.25. The standard InChI is InChI=1S/C21H20FNO5/c1-27-11-10-23-18(15-8-3-4-9-16(15)22)17(20(25)21(23)26)19(24)13-6-5-7-14(12-13)28-2/h3-9,12,18,24H,10-11H2,1-2H3/b19-17+. The Hall–Kier alpha value is -3.19. The van der Waals surface area contributed by atoms with Crippen molar-refractivity contribution in [3.63, 3.8) is 0 Å². The van der Waals surface area contributed by atoms with E-state index in [4.69, 9.17) is 9.47 Å². The summed E-state index contributed by atoms with van der Waals surface area (Å²) >= 11 is 0. The number of aliphatic hydroxyl groups is 1. The summed E-state index contributed by atoms with van der Waals surface area (Å²) in [5, 5.41) is 10.9. The average Bonchev–Trinajstić information content (AvgIpc) is 2.96. The molecule has 0 radical (unpaired) electrons. The Kier molecular flexibility index (Phi) is 5.75. The number of halogens is 1. The Balaban J connectivity index is 2.19. The van der Waals surface area contributed by atoms with Gasteiger partial charge < -0.3 is 19.5 Å². The molecule has 1 atom stereocenters. The van der Waals surface area contributed by atoms with Crippen molar-refractivity contribution < 1.29 is 28.6 Å². The maximum atomic E-state index is 14.5. The molecular formula is C21H20FNO5. The highest BCUT2D eigenvalue weighted by molar-refractivity contribution is 6.46. The lowest BCUT2D eigenvalue weighted by Crippen LogP contribution is -2.33. The number of Topliss-reactive ketones (excluding diaryl/α,β-unsaturated/α-hetero) is 1. The maximum Gasteiger partial charge on any atom is 0.295 e. The molecule has 3 rings (SSSR count). The Bertz CT molecular complexity index is 940. The van der Waals surface area contributed by atoms with Gasteiger partial charge in [0.25, 0.3) is 11.7 Å². The number of hydrogen-bond acceptors (Lipinski definition) is 5. The zero-order valence-corrected chi connectivity index (χ0v) is 15.5. The molecule has 1 saturated heterocycles. The zero-order valence-electron chi connectivity index (χ0n) is 15.5. The van der Waals surface area contributed by atoms with Crippen LogP contribution in [-0.4, -0.2) is 49.1 Å². The fraction of sp³-hybridized carbons (Fsp3) is 0.238. The van der Waals surface area contributed by atoms with Crippen LogP contribution in [0.3, 0.4) is 0 Å². The lowest BCUT2D eigenvalue weighted by molar-refractivity contribution is -0.140. The summed E-state index contributed by atoms with van der Waals surface area (Å²) < 4.78 is 24.7. The summed E-state index contributed by atoms with van der Waals surface area (Å²) in [5.41, 5.74) is 0.257. The summed E-state index contributed by atoms with van der Waals surface area (Å²) in [4.78, 5) is 26.6. The van der Waals surface area contributed by atoms with Gasteiger partial charge >= 0.3 is 0 Å². The van der Waals surface area contributed by atoms with Gasteiger partial charge in [0.15, 0.2) is 0 Å². The van der Waals surface area contributed by atoms with Crippen molar-refractivity contribution in [1.82, 2.24) is 4.90 Å². The molecule has 1 N–H and O–H groups in total. The van der Waals surface area contributed by atoms with Gasteiger partial charge in [-0.25, -0.2) is 4.39 Å². The van der Waals surface area contributed by atoms with Gasteiger partial charge in [-0.2, -0.15) is 0 Å². The van der Waals surface area contributed by atoms with Crippen LogP contribution >= 0.6 is 0 Å². The number of carbonyl (C=O) groups is 2. The molecular weight excluding hydrogens is 365 g/mol. The third-order valence-electron chi connectivity index (χ3n) is 4.62. The number of likely N-dealkylation sites (tertiary alicyclic amines) is 1. The molecule has 6 nitrogen and oxygen atoms in total. The van der Waals surface area contributed by atoms with E-state index in [0.29, 0.717) is 11.3 Å². The topological polar surface area (TPSA) is 76.1 Å². The first-order chi connectivity index (χ1) is 13.5. The number of methoxy groups -OCH3 is 2. The number of hydrogen-bond donors (Lipinski definition) is 1. The van der Waals surface area contributed by atoms with Crippen molar-refractivity contribution in [2.75, 3.05) is 27.4 Å². The second kappa shape index (κ2) is 8.22. The zero-order chi connectivity index (χ0) is 20.3. The van der Waals surface area contributed by atoms with E-state index in [1.165, 1.54) is 43.4 Å². The minimum absolute atomic E-state index is 0.0783. The predicted octanol–water partition coefficient (Wildman–Crippen LogP) is 2.90. The number of nitrogens with zero attached hydrogens (tertiary/aromatic N) is 1. The minimum atomic E-state index is -1.05. The van der Waals surface area contributed by atoms with Gasteiger partial charge in [-0.05, 0) is 18.2 Å². The van der Waals surface area contributed by atoms with Crippen LogP contribution in [0.15, 0.2) is 54.1 Å². The highest BCUT2D eigenvalue weighted by atomic mass is 19.1. The highest BCUT2D eigenvalue weighted by Gasteiger charge is 2.46. The van der Waals surface area contributed by atoms with Crippen molar-refractivity contribution >= 4 is 17.4 Å². The van der Waals surface area contributed by atoms with Gasteiger partial charge in [0, 0.05) is 24.8 Å². The molecule has 2 aromatic carbocycles. The molecule has 0 aliphatic carbocycles. The van der Waals surface area contributed by atoms with E-state index in [0.717, 1.165) is 0 Å². The number of rotatable bonds is 6. The van der Waals surface area contributed by atoms with Crippen molar-refractivity contribution in [1.29, 1.82) is 0 Å². The van der Waals surface area contributed by atoms with Gasteiger partial charge in [-0.3, -0.25) is 9.59 Å². The van der Waals surface area contributed by atoms with E-state index in [1.54, 1.807) is 24.3 Å². The average molecular weight is 385 g/mol. The van der Waals surface area contributed by atoms with E-state index in [1.807, 2.05) is 0 Å². The van der Waals surface area contributed by atoms with E-state index in [-0.39, 0.29) is 30.0 Å². The predicted molar refractivity (Wildman–Crippen MR) is 100 cm³/mol. The lowest BCUT2D eigenvalue weighted by Gasteiger charge is -2.25. The Morgan fingerprint density at radius 3 is 2.57 bits per heavy atom. The van der Waals surface area contributed by atoms with Crippen LogP contribution in [0, 0.1) is 5.82 Å². The van der Waals surface area contributed by atoms with Gasteiger partial charge in [0.2, 0.25) is 0 Å². The largest absolute Gasteiger partial charge is 0.507 e. The first-order valence-electron chi connectivity index (χ1n) is 8.65. The van der Waals surface area contributed by atoms with Crippen LogP contribution in [0.1, 0.15) is 17.2 Å². The third-order valence-corrected chi connectivity index (χ3v) is 4.62. The van der Waals surface area contributed by atoms with Gasteiger partial charge in [-0.15, -0.1) is 0 Å². The Morgan fingerprint density at radius 2 is 1.89 bits per heavy atom. The quantitative estimate of drug-likeness (QED) is 0.470. The summed E-state index contributed by atoms with van der Waals surface area (Å²) in [6.07, 6.45) is 0. The Morgan fingerprint density at radius 1 is 1.14 bits per heavy atom. The smallest absolute Gasteiger partial charge is 0.295 e. The van der Waals surface area contributed by atoms with E-state index >= 15 is 0 Å². The molecule has 1 aliphatic rings. The summed E-state index contributed by atoms with van der Waals surface area (Å²) in [6, 6.07) is 11.3. The Labute approximate surface area is 161 Å². The molecule has 7 heteroatoms. The maximum absolute atomic E-state index is 14.5. The van der Waals surface area contributed by atoms with E-state index in [2.05, 4.69) is 0 Å². The molecule has 1 amide bonds. The van der Waals surface area contributed by atoms with Crippen LogP contribution < -0.4 is 4.74 Å². The van der Waals surface area contributed by atoms with Crippen LogP contribution in [-0.2, 0) is 14.3 Å². The number of benzene rings is 2. The number of amides is 1. The molecule has 1 aliphatic heterocycles. The van der Waals surface area contributed by atoms with Crippen molar-refractivity contribution in [2.24, 2.45) is 0 Å². The molecule has 0 aromatic heterocycles. The highest BCUT2D eigenvalue weighted by Crippen LogP contribution is 2.40. The normalized spacial score (nSPS) is 18.5. The summed E-state index contributed by atoms with van der Waals surface area (Å²) in [7, 11) is 2.94. The number of aliphatic hydroxyl groups excluding tert-OH is 1. The molecule has 1 heterocycles. The van der Waals surface area contributed by atoms with Crippen molar-refractivity contribution in [2.45, 2.75) is 6.04 Å². The summed E-state index contributed by atoms with van der Waals surface area (Å²) in [6.45, 7) is 0.242.